The molecule has 0 saturated carbocycles. The van der Waals surface area contributed by atoms with Crippen LogP contribution in [0.25, 0.3) is 0 Å². The summed E-state index contributed by atoms with van der Waals surface area (Å²) in [6.45, 7) is 7.01. The van der Waals surface area contributed by atoms with Gasteiger partial charge in [0.2, 0.25) is 0 Å². The van der Waals surface area contributed by atoms with Gasteiger partial charge in [-0.1, -0.05) is 20.8 Å². The second-order valence-electron chi connectivity index (χ2n) is 5.09. The van der Waals surface area contributed by atoms with E-state index in [-0.39, 0.29) is 11.1 Å². The number of nitrogens with zero attached hydrogens (tertiary/aromatic N) is 1. The monoisotopic (exact) mass is 238 g/mol. The lowest BCUT2D eigenvalue weighted by molar-refractivity contribution is -0.384. The van der Waals surface area contributed by atoms with Gasteiger partial charge in [0.15, 0.2) is 0 Å². The number of anilines is 1. The predicted molar refractivity (Wildman–Crippen MR) is 67.6 cm³/mol. The summed E-state index contributed by atoms with van der Waals surface area (Å²) in [5.41, 5.74) is 0.837. The number of non-ortho nitro benzene ring substituents is 1. The largest absolute Gasteiger partial charge is 0.496 e. The van der Waals surface area contributed by atoms with E-state index in [0.717, 1.165) is 6.54 Å². The zero-order valence-electron chi connectivity index (χ0n) is 10.6. The fourth-order valence-electron chi connectivity index (χ4n) is 1.28. The highest BCUT2D eigenvalue weighted by molar-refractivity contribution is 5.56. The van der Waals surface area contributed by atoms with E-state index in [1.54, 1.807) is 6.07 Å². The van der Waals surface area contributed by atoms with Crippen LogP contribution in [-0.4, -0.2) is 18.6 Å². The first-order valence-corrected chi connectivity index (χ1v) is 5.39. The second-order valence-corrected chi connectivity index (χ2v) is 5.09. The van der Waals surface area contributed by atoms with Crippen molar-refractivity contribution in [2.45, 2.75) is 20.8 Å². The Labute approximate surface area is 101 Å². The number of rotatable bonds is 4. The average molecular weight is 238 g/mol. The molecule has 5 nitrogen and oxygen atoms in total. The molecule has 0 fully saturated rings. The molecule has 94 valence electrons. The van der Waals surface area contributed by atoms with Gasteiger partial charge in [0.1, 0.15) is 5.75 Å². The Morgan fingerprint density at radius 1 is 1.35 bits per heavy atom. The molecule has 1 N–H and O–H groups in total. The quantitative estimate of drug-likeness (QED) is 0.646. The Balaban J connectivity index is 2.91. The van der Waals surface area contributed by atoms with E-state index in [1.807, 2.05) is 0 Å². The van der Waals surface area contributed by atoms with Gasteiger partial charge >= 0.3 is 0 Å². The molecule has 1 aromatic rings. The molecule has 0 bridgehead atoms. The molecule has 0 spiro atoms. The fraction of sp³-hybridized carbons (Fsp3) is 0.500. The van der Waals surface area contributed by atoms with Crippen LogP contribution in [0.2, 0.25) is 0 Å². The van der Waals surface area contributed by atoms with Crippen LogP contribution in [0.1, 0.15) is 20.8 Å². The van der Waals surface area contributed by atoms with Crippen molar-refractivity contribution in [2.24, 2.45) is 5.41 Å². The summed E-state index contributed by atoms with van der Waals surface area (Å²) in [5, 5.41) is 13.9. The number of ether oxygens (including phenoxy) is 1. The zero-order valence-corrected chi connectivity index (χ0v) is 10.6. The van der Waals surface area contributed by atoms with Crippen LogP contribution < -0.4 is 10.1 Å². The highest BCUT2D eigenvalue weighted by Gasteiger charge is 2.13. The summed E-state index contributed by atoms with van der Waals surface area (Å²) in [7, 11) is 1.49. The van der Waals surface area contributed by atoms with Crippen molar-refractivity contribution in [1.29, 1.82) is 0 Å². The second kappa shape index (κ2) is 5.03. The Morgan fingerprint density at radius 2 is 2.00 bits per heavy atom. The Kier molecular flexibility index (Phi) is 3.93. The Morgan fingerprint density at radius 3 is 2.47 bits per heavy atom. The van der Waals surface area contributed by atoms with Crippen molar-refractivity contribution >= 4 is 11.4 Å². The molecule has 0 unspecified atom stereocenters. The third-order valence-corrected chi connectivity index (χ3v) is 2.16. The van der Waals surface area contributed by atoms with Crippen molar-refractivity contribution < 1.29 is 9.66 Å². The minimum absolute atomic E-state index is 0.0285. The average Bonchev–Trinajstić information content (AvgIpc) is 2.25. The molecular formula is C12H18N2O3. The van der Waals surface area contributed by atoms with Gasteiger partial charge < -0.3 is 10.1 Å². The summed E-state index contributed by atoms with van der Waals surface area (Å²) >= 11 is 0. The molecule has 0 aliphatic heterocycles. The molecule has 0 heterocycles. The highest BCUT2D eigenvalue weighted by Crippen LogP contribution is 2.26. The van der Waals surface area contributed by atoms with Gasteiger partial charge in [0.25, 0.3) is 5.69 Å². The molecule has 0 aliphatic rings. The van der Waals surface area contributed by atoms with Crippen molar-refractivity contribution in [3.63, 3.8) is 0 Å². The van der Waals surface area contributed by atoms with Crippen LogP contribution in [0.5, 0.6) is 5.75 Å². The molecule has 1 rings (SSSR count). The summed E-state index contributed by atoms with van der Waals surface area (Å²) in [6, 6.07) is 4.66. The molecule has 0 saturated heterocycles. The van der Waals surface area contributed by atoms with Crippen LogP contribution in [-0.2, 0) is 0 Å². The standard InChI is InChI=1S/C12H18N2O3/c1-12(2,3)8-13-9-5-10(14(15)16)7-11(6-9)17-4/h5-7,13H,8H2,1-4H3. The third kappa shape index (κ3) is 4.30. The molecule has 1 aromatic carbocycles. The summed E-state index contributed by atoms with van der Waals surface area (Å²) in [6.07, 6.45) is 0. The van der Waals surface area contributed by atoms with Crippen LogP contribution in [0.4, 0.5) is 11.4 Å². The van der Waals surface area contributed by atoms with Gasteiger partial charge in [-0.25, -0.2) is 0 Å². The predicted octanol–water partition coefficient (Wildman–Crippen LogP) is 3.06. The van der Waals surface area contributed by atoms with Crippen LogP contribution >= 0.6 is 0 Å². The minimum atomic E-state index is -0.426. The minimum Gasteiger partial charge on any atom is -0.496 e. The maximum absolute atomic E-state index is 10.7. The molecule has 0 atom stereocenters. The van der Waals surface area contributed by atoms with Gasteiger partial charge in [0.05, 0.1) is 18.1 Å². The third-order valence-electron chi connectivity index (χ3n) is 2.16. The fourth-order valence-corrected chi connectivity index (χ4v) is 1.28. The SMILES string of the molecule is COc1cc(NCC(C)(C)C)cc([N+](=O)[O-])c1. The molecule has 0 amide bonds. The van der Waals surface area contributed by atoms with Gasteiger partial charge in [-0.15, -0.1) is 0 Å². The number of nitrogens with one attached hydrogen (secondary N) is 1. The van der Waals surface area contributed by atoms with E-state index in [2.05, 4.69) is 26.1 Å². The first kappa shape index (κ1) is 13.3. The van der Waals surface area contributed by atoms with E-state index in [4.69, 9.17) is 4.74 Å². The lowest BCUT2D eigenvalue weighted by atomic mass is 9.97. The number of methoxy groups -OCH3 is 1. The van der Waals surface area contributed by atoms with Gasteiger partial charge in [0, 0.05) is 24.4 Å². The summed E-state index contributed by atoms with van der Waals surface area (Å²) in [4.78, 5) is 10.3. The molecule has 0 radical (unpaired) electrons. The zero-order chi connectivity index (χ0) is 13.1. The lowest BCUT2D eigenvalue weighted by Gasteiger charge is -2.19. The lowest BCUT2D eigenvalue weighted by Crippen LogP contribution is -2.19. The molecule has 17 heavy (non-hydrogen) atoms. The van der Waals surface area contributed by atoms with Gasteiger partial charge in [-0.2, -0.15) is 0 Å². The number of hydrogen-bond donors (Lipinski definition) is 1. The smallest absolute Gasteiger partial charge is 0.275 e. The van der Waals surface area contributed by atoms with E-state index in [1.165, 1.54) is 19.2 Å². The normalized spacial score (nSPS) is 11.1. The van der Waals surface area contributed by atoms with E-state index < -0.39 is 4.92 Å². The van der Waals surface area contributed by atoms with Gasteiger partial charge in [-0.3, -0.25) is 10.1 Å². The van der Waals surface area contributed by atoms with Crippen molar-refractivity contribution in [3.05, 3.63) is 28.3 Å². The first-order valence-electron chi connectivity index (χ1n) is 5.39. The van der Waals surface area contributed by atoms with Crippen molar-refractivity contribution in [1.82, 2.24) is 0 Å². The van der Waals surface area contributed by atoms with Crippen LogP contribution in [0.3, 0.4) is 0 Å². The maximum atomic E-state index is 10.7. The maximum Gasteiger partial charge on any atom is 0.275 e. The number of hydrogen-bond acceptors (Lipinski definition) is 4. The van der Waals surface area contributed by atoms with E-state index in [0.29, 0.717) is 11.4 Å². The summed E-state index contributed by atoms with van der Waals surface area (Å²) < 4.78 is 5.03. The van der Waals surface area contributed by atoms with Crippen molar-refractivity contribution in [2.75, 3.05) is 19.0 Å². The van der Waals surface area contributed by atoms with Crippen molar-refractivity contribution in [3.8, 4) is 5.75 Å². The van der Waals surface area contributed by atoms with Gasteiger partial charge in [-0.05, 0) is 5.41 Å². The summed E-state index contributed by atoms with van der Waals surface area (Å²) in [5.74, 6) is 0.482. The van der Waals surface area contributed by atoms with E-state index in [9.17, 15) is 10.1 Å². The molecular weight excluding hydrogens is 220 g/mol. The topological polar surface area (TPSA) is 64.4 Å². The molecule has 5 heteroatoms. The molecule has 0 aliphatic carbocycles. The number of nitro groups is 1. The Hall–Kier alpha value is -1.78. The highest BCUT2D eigenvalue weighted by atomic mass is 16.6. The number of nitro benzene ring substituents is 1. The van der Waals surface area contributed by atoms with Crippen LogP contribution in [0.15, 0.2) is 18.2 Å². The first-order chi connectivity index (χ1) is 7.81. The molecule has 0 aromatic heterocycles. The number of benzene rings is 1. The Bertz CT molecular complexity index is 411. The van der Waals surface area contributed by atoms with Crippen LogP contribution in [0, 0.1) is 15.5 Å². The van der Waals surface area contributed by atoms with E-state index >= 15 is 0 Å².